The Morgan fingerprint density at radius 2 is 0.863 bits per heavy atom. The van der Waals surface area contributed by atoms with Gasteiger partial charge in [0.1, 0.15) is 23.3 Å². The highest BCUT2D eigenvalue weighted by molar-refractivity contribution is 6.12. The molecule has 8 heteroatoms. The van der Waals surface area contributed by atoms with Crippen molar-refractivity contribution in [2.45, 2.75) is 0 Å². The molecule has 0 bridgehead atoms. The SMILES string of the molecule is N#Cc1ccc(N(c2ccc3c(c2)c2ccccc2n3-c2ccc(F)cc2F)c2ccc3c(c2)c2ccccc2n3-c2ccc(F)cc2F)cc1. The molecular formula is C43H24F4N4. The Balaban J connectivity index is 1.29. The van der Waals surface area contributed by atoms with E-state index in [1.165, 1.54) is 24.3 Å². The highest BCUT2D eigenvalue weighted by atomic mass is 19.1. The molecule has 0 aliphatic carbocycles. The van der Waals surface area contributed by atoms with Gasteiger partial charge in [-0.2, -0.15) is 5.26 Å². The van der Waals surface area contributed by atoms with E-state index in [9.17, 15) is 14.0 Å². The molecule has 0 saturated heterocycles. The van der Waals surface area contributed by atoms with Gasteiger partial charge in [-0.15, -0.1) is 0 Å². The summed E-state index contributed by atoms with van der Waals surface area (Å²) in [7, 11) is 0. The Morgan fingerprint density at radius 1 is 0.431 bits per heavy atom. The number of anilines is 3. The third-order valence-corrected chi connectivity index (χ3v) is 9.38. The number of rotatable bonds is 5. The average Bonchev–Trinajstić information content (AvgIpc) is 3.64. The molecule has 0 spiro atoms. The first-order chi connectivity index (χ1) is 24.9. The number of halogens is 4. The normalized spacial score (nSPS) is 11.5. The highest BCUT2D eigenvalue weighted by Gasteiger charge is 2.21. The van der Waals surface area contributed by atoms with Crippen molar-refractivity contribution in [3.8, 4) is 17.4 Å². The van der Waals surface area contributed by atoms with E-state index in [0.29, 0.717) is 5.56 Å². The molecule has 9 aromatic rings. The highest BCUT2D eigenvalue weighted by Crippen LogP contribution is 2.42. The Bertz CT molecular complexity index is 2710. The minimum atomic E-state index is -0.672. The van der Waals surface area contributed by atoms with Gasteiger partial charge in [-0.05, 0) is 97.1 Å². The van der Waals surface area contributed by atoms with E-state index in [1.807, 2.05) is 97.1 Å². The molecular weight excluding hydrogens is 648 g/mol. The van der Waals surface area contributed by atoms with E-state index in [-0.39, 0.29) is 11.4 Å². The van der Waals surface area contributed by atoms with Crippen LogP contribution in [0.25, 0.3) is 55.0 Å². The summed E-state index contributed by atoms with van der Waals surface area (Å²) in [6.07, 6.45) is 0. The molecule has 51 heavy (non-hydrogen) atoms. The molecule has 4 nitrogen and oxygen atoms in total. The zero-order chi connectivity index (χ0) is 34.8. The second kappa shape index (κ2) is 11.6. The van der Waals surface area contributed by atoms with Crippen LogP contribution in [-0.2, 0) is 0 Å². The predicted octanol–water partition coefficient (Wildman–Crippen LogP) is 11.8. The van der Waals surface area contributed by atoms with E-state index in [1.54, 1.807) is 21.3 Å². The number of para-hydroxylation sites is 2. The third kappa shape index (κ3) is 4.82. The number of nitriles is 1. The summed E-state index contributed by atoms with van der Waals surface area (Å²) in [5, 5.41) is 13.0. The van der Waals surface area contributed by atoms with Gasteiger partial charge in [0.2, 0.25) is 0 Å². The fraction of sp³-hybridized carbons (Fsp3) is 0. The molecule has 0 unspecified atom stereocenters. The van der Waals surface area contributed by atoms with Crippen molar-refractivity contribution in [1.82, 2.24) is 9.13 Å². The molecule has 0 amide bonds. The maximum absolute atomic E-state index is 15.2. The Kier molecular flexibility index (Phi) is 6.90. The van der Waals surface area contributed by atoms with Crippen LogP contribution in [0.1, 0.15) is 5.56 Å². The van der Waals surface area contributed by atoms with Crippen molar-refractivity contribution in [2.24, 2.45) is 0 Å². The smallest absolute Gasteiger partial charge is 0.150 e. The summed E-state index contributed by atoms with van der Waals surface area (Å²) in [6.45, 7) is 0. The summed E-state index contributed by atoms with van der Waals surface area (Å²) >= 11 is 0. The van der Waals surface area contributed by atoms with Crippen molar-refractivity contribution in [2.75, 3.05) is 4.90 Å². The zero-order valence-corrected chi connectivity index (χ0v) is 26.7. The Labute approximate surface area is 288 Å². The van der Waals surface area contributed by atoms with Crippen LogP contribution in [0.5, 0.6) is 0 Å². The van der Waals surface area contributed by atoms with E-state index >= 15 is 8.78 Å². The van der Waals surface area contributed by atoms with E-state index in [4.69, 9.17) is 0 Å². The molecule has 0 fully saturated rings. The number of benzene rings is 7. The predicted molar refractivity (Wildman–Crippen MR) is 194 cm³/mol. The molecule has 0 N–H and O–H groups in total. The fourth-order valence-electron chi connectivity index (χ4n) is 7.18. The van der Waals surface area contributed by atoms with Crippen molar-refractivity contribution in [1.29, 1.82) is 5.26 Å². The van der Waals surface area contributed by atoms with Crippen LogP contribution in [0.15, 0.2) is 146 Å². The lowest BCUT2D eigenvalue weighted by atomic mass is 10.1. The van der Waals surface area contributed by atoms with Crippen LogP contribution in [0.2, 0.25) is 0 Å². The number of fused-ring (bicyclic) bond motifs is 6. The van der Waals surface area contributed by atoms with Crippen LogP contribution in [-0.4, -0.2) is 9.13 Å². The minimum absolute atomic E-state index is 0.235. The topological polar surface area (TPSA) is 36.9 Å². The largest absolute Gasteiger partial charge is 0.310 e. The van der Waals surface area contributed by atoms with Gasteiger partial charge in [0, 0.05) is 50.7 Å². The van der Waals surface area contributed by atoms with Crippen LogP contribution in [0.4, 0.5) is 34.6 Å². The first-order valence-electron chi connectivity index (χ1n) is 16.2. The van der Waals surface area contributed by atoms with Crippen molar-refractivity contribution in [3.05, 3.63) is 174 Å². The maximum Gasteiger partial charge on any atom is 0.150 e. The summed E-state index contributed by atoms with van der Waals surface area (Å²) in [5.41, 5.74) is 6.37. The van der Waals surface area contributed by atoms with Crippen LogP contribution >= 0.6 is 0 Å². The Hall–Kier alpha value is -6.85. The molecule has 0 radical (unpaired) electrons. The molecule has 9 rings (SSSR count). The monoisotopic (exact) mass is 672 g/mol. The minimum Gasteiger partial charge on any atom is -0.310 e. The lowest BCUT2D eigenvalue weighted by Gasteiger charge is -2.26. The van der Waals surface area contributed by atoms with Crippen LogP contribution in [0.3, 0.4) is 0 Å². The molecule has 244 valence electrons. The summed E-state index contributed by atoms with van der Waals surface area (Å²) in [6, 6.07) is 43.8. The average molecular weight is 673 g/mol. The summed E-state index contributed by atoms with van der Waals surface area (Å²) in [4.78, 5) is 2.06. The zero-order valence-electron chi connectivity index (χ0n) is 26.7. The molecule has 2 aromatic heterocycles. The van der Waals surface area contributed by atoms with E-state index in [2.05, 4.69) is 11.0 Å². The standard InChI is InChI=1S/C43H24F4N4/c44-27-11-17-42(36(46)21-27)50-38-7-3-1-5-32(38)34-23-30(15-19-40(34)50)49(29-13-9-26(25-48)10-14-29)31-16-20-41-35(24-31)33-6-2-4-8-39(33)51(41)43-18-12-28(45)22-37(43)47/h1-24H. The second-order valence-electron chi connectivity index (χ2n) is 12.3. The molecule has 7 aromatic carbocycles. The molecule has 2 heterocycles. The van der Waals surface area contributed by atoms with Gasteiger partial charge in [-0.1, -0.05) is 36.4 Å². The summed E-state index contributed by atoms with van der Waals surface area (Å²) in [5.74, 6) is -2.65. The van der Waals surface area contributed by atoms with Crippen molar-refractivity contribution in [3.63, 3.8) is 0 Å². The van der Waals surface area contributed by atoms with Gasteiger partial charge < -0.3 is 14.0 Å². The van der Waals surface area contributed by atoms with E-state index < -0.39 is 23.3 Å². The van der Waals surface area contributed by atoms with Gasteiger partial charge >= 0.3 is 0 Å². The van der Waals surface area contributed by atoms with Crippen molar-refractivity contribution >= 4 is 60.7 Å². The fourth-order valence-corrected chi connectivity index (χ4v) is 7.18. The van der Waals surface area contributed by atoms with Gasteiger partial charge in [0.25, 0.3) is 0 Å². The number of hydrogen-bond acceptors (Lipinski definition) is 2. The van der Waals surface area contributed by atoms with Gasteiger partial charge in [-0.25, -0.2) is 17.6 Å². The number of aromatic nitrogens is 2. The molecule has 0 saturated carbocycles. The molecule has 0 atom stereocenters. The van der Waals surface area contributed by atoms with Crippen LogP contribution < -0.4 is 4.90 Å². The van der Waals surface area contributed by atoms with Crippen molar-refractivity contribution < 1.29 is 17.6 Å². The van der Waals surface area contributed by atoms with Gasteiger partial charge in [0.15, 0.2) is 0 Å². The van der Waals surface area contributed by atoms with E-state index in [0.717, 1.165) is 72.8 Å². The maximum atomic E-state index is 15.2. The number of hydrogen-bond donors (Lipinski definition) is 0. The second-order valence-corrected chi connectivity index (χ2v) is 12.3. The lowest BCUT2D eigenvalue weighted by molar-refractivity contribution is 0.578. The Morgan fingerprint density at radius 3 is 1.31 bits per heavy atom. The first-order valence-corrected chi connectivity index (χ1v) is 16.2. The third-order valence-electron chi connectivity index (χ3n) is 9.38. The van der Waals surface area contributed by atoms with Gasteiger partial charge in [-0.3, -0.25) is 0 Å². The molecule has 0 aliphatic heterocycles. The molecule has 0 aliphatic rings. The summed E-state index contributed by atoms with van der Waals surface area (Å²) < 4.78 is 61.9. The quantitative estimate of drug-likeness (QED) is 0.171. The van der Waals surface area contributed by atoms with Crippen LogP contribution in [0, 0.1) is 34.6 Å². The first kappa shape index (κ1) is 30.2. The lowest BCUT2D eigenvalue weighted by Crippen LogP contribution is -2.10. The number of nitrogens with zero attached hydrogens (tertiary/aromatic N) is 4. The van der Waals surface area contributed by atoms with Gasteiger partial charge in [0.05, 0.1) is 45.1 Å².